The van der Waals surface area contributed by atoms with Gasteiger partial charge in [-0.2, -0.15) is 0 Å². The minimum atomic E-state index is -0.0316. The van der Waals surface area contributed by atoms with Crippen LogP contribution in [0.3, 0.4) is 0 Å². The molecule has 19 heavy (non-hydrogen) atoms. The number of carbonyl (C=O) groups is 2. The van der Waals surface area contributed by atoms with E-state index in [-0.39, 0.29) is 17.9 Å². The molecule has 2 aliphatic rings. The lowest BCUT2D eigenvalue weighted by Gasteiger charge is -2.23. The fourth-order valence-corrected chi connectivity index (χ4v) is 2.84. The van der Waals surface area contributed by atoms with Crippen LogP contribution in [0.5, 0.6) is 0 Å². The summed E-state index contributed by atoms with van der Waals surface area (Å²) >= 11 is 0. The van der Waals surface area contributed by atoms with Crippen LogP contribution in [0.1, 0.15) is 40.7 Å². The van der Waals surface area contributed by atoms with Crippen molar-refractivity contribution >= 4 is 11.8 Å². The molecular formula is C15H18N2O2. The molecule has 0 aromatic heterocycles. The van der Waals surface area contributed by atoms with E-state index in [1.54, 1.807) is 0 Å². The van der Waals surface area contributed by atoms with Crippen molar-refractivity contribution in [1.29, 1.82) is 0 Å². The van der Waals surface area contributed by atoms with Gasteiger partial charge in [-0.25, -0.2) is 0 Å². The first-order valence-electron chi connectivity index (χ1n) is 6.92. The molecule has 1 unspecified atom stereocenters. The Kier molecular flexibility index (Phi) is 3.23. The van der Waals surface area contributed by atoms with E-state index in [1.807, 2.05) is 12.1 Å². The fraction of sp³-hybridized carbons (Fsp3) is 0.467. The number of carbonyl (C=O) groups excluding carboxylic acids is 2. The lowest BCUT2D eigenvalue weighted by atomic mass is 10.0. The monoisotopic (exact) mass is 258 g/mol. The summed E-state index contributed by atoms with van der Waals surface area (Å²) in [7, 11) is 0. The maximum atomic E-state index is 12.2. The van der Waals surface area contributed by atoms with E-state index in [1.165, 1.54) is 17.5 Å². The van der Waals surface area contributed by atoms with E-state index < -0.39 is 0 Å². The third kappa shape index (κ3) is 2.62. The van der Waals surface area contributed by atoms with Gasteiger partial charge < -0.3 is 10.6 Å². The summed E-state index contributed by atoms with van der Waals surface area (Å²) in [5.74, 6) is 0.0406. The molecule has 1 atom stereocenters. The largest absolute Gasteiger partial charge is 0.354 e. The van der Waals surface area contributed by atoms with Crippen LogP contribution in [0.2, 0.25) is 0 Å². The van der Waals surface area contributed by atoms with Crippen LogP contribution in [0, 0.1) is 0 Å². The second-order valence-electron chi connectivity index (χ2n) is 5.35. The molecule has 1 aromatic carbocycles. The zero-order valence-corrected chi connectivity index (χ0v) is 10.9. The van der Waals surface area contributed by atoms with Gasteiger partial charge in [-0.3, -0.25) is 9.59 Å². The highest BCUT2D eigenvalue weighted by atomic mass is 16.2. The normalized spacial score (nSPS) is 21.7. The Balaban J connectivity index is 1.65. The van der Waals surface area contributed by atoms with Crippen molar-refractivity contribution < 1.29 is 9.59 Å². The first-order chi connectivity index (χ1) is 9.22. The molecule has 1 saturated heterocycles. The first kappa shape index (κ1) is 12.2. The Hall–Kier alpha value is -1.84. The number of hydrogen-bond donors (Lipinski definition) is 2. The molecule has 1 heterocycles. The molecule has 0 spiro atoms. The van der Waals surface area contributed by atoms with Crippen molar-refractivity contribution in [2.24, 2.45) is 0 Å². The fourth-order valence-electron chi connectivity index (χ4n) is 2.84. The summed E-state index contributed by atoms with van der Waals surface area (Å²) in [5.41, 5.74) is 3.42. The quantitative estimate of drug-likeness (QED) is 0.837. The minimum Gasteiger partial charge on any atom is -0.354 e. The summed E-state index contributed by atoms with van der Waals surface area (Å²) < 4.78 is 0. The van der Waals surface area contributed by atoms with Gasteiger partial charge in [0.1, 0.15) is 0 Å². The number of fused-ring (bicyclic) bond motifs is 1. The zero-order chi connectivity index (χ0) is 13.2. The number of rotatable bonds is 2. The first-order valence-corrected chi connectivity index (χ1v) is 6.92. The SMILES string of the molecule is O=C1CCC(NC(=O)c2ccc3c(c2)CCC3)CN1. The average Bonchev–Trinajstić information content (AvgIpc) is 2.88. The Bertz CT molecular complexity index is 515. The number of nitrogens with one attached hydrogen (secondary N) is 2. The lowest BCUT2D eigenvalue weighted by molar-refractivity contribution is -0.122. The van der Waals surface area contributed by atoms with E-state index >= 15 is 0 Å². The molecule has 4 heteroatoms. The molecule has 1 aliphatic carbocycles. The van der Waals surface area contributed by atoms with Crippen LogP contribution in [0.25, 0.3) is 0 Å². The van der Waals surface area contributed by atoms with Crippen molar-refractivity contribution in [3.63, 3.8) is 0 Å². The lowest BCUT2D eigenvalue weighted by Crippen LogP contribution is -2.47. The number of benzene rings is 1. The van der Waals surface area contributed by atoms with Crippen molar-refractivity contribution in [3.05, 3.63) is 34.9 Å². The second kappa shape index (κ2) is 5.03. The van der Waals surface area contributed by atoms with Gasteiger partial charge in [-0.15, -0.1) is 0 Å². The highest BCUT2D eigenvalue weighted by Crippen LogP contribution is 2.22. The third-order valence-electron chi connectivity index (χ3n) is 3.96. The molecule has 0 saturated carbocycles. The summed E-state index contributed by atoms with van der Waals surface area (Å²) in [5, 5.41) is 5.77. The van der Waals surface area contributed by atoms with Crippen LogP contribution in [0.4, 0.5) is 0 Å². The Morgan fingerprint density at radius 3 is 2.84 bits per heavy atom. The van der Waals surface area contributed by atoms with Gasteiger partial charge in [0.15, 0.2) is 0 Å². The average molecular weight is 258 g/mol. The smallest absolute Gasteiger partial charge is 0.251 e. The molecule has 3 rings (SSSR count). The summed E-state index contributed by atoms with van der Waals surface area (Å²) in [6.45, 7) is 0.537. The minimum absolute atomic E-state index is 0.0316. The summed E-state index contributed by atoms with van der Waals surface area (Å²) in [6, 6.07) is 6.04. The van der Waals surface area contributed by atoms with Gasteiger partial charge in [0, 0.05) is 24.6 Å². The van der Waals surface area contributed by atoms with E-state index in [4.69, 9.17) is 0 Å². The van der Waals surface area contributed by atoms with Crippen molar-refractivity contribution in [2.45, 2.75) is 38.1 Å². The Labute approximate surface area is 112 Å². The maximum Gasteiger partial charge on any atom is 0.251 e. The number of aryl methyl sites for hydroxylation is 2. The number of amides is 2. The van der Waals surface area contributed by atoms with Gasteiger partial charge in [0.05, 0.1) is 0 Å². The standard InChI is InChI=1S/C15H18N2O2/c18-14-7-6-13(9-16-14)17-15(19)12-5-4-10-2-1-3-11(10)8-12/h4-5,8,13H,1-3,6-7,9H2,(H,16,18)(H,17,19). The van der Waals surface area contributed by atoms with Crippen LogP contribution in [0.15, 0.2) is 18.2 Å². The van der Waals surface area contributed by atoms with E-state index in [2.05, 4.69) is 16.7 Å². The molecular weight excluding hydrogens is 240 g/mol. The van der Waals surface area contributed by atoms with Crippen molar-refractivity contribution in [3.8, 4) is 0 Å². The highest BCUT2D eigenvalue weighted by molar-refractivity contribution is 5.94. The van der Waals surface area contributed by atoms with Crippen molar-refractivity contribution in [1.82, 2.24) is 10.6 Å². The van der Waals surface area contributed by atoms with E-state index in [9.17, 15) is 9.59 Å². The summed E-state index contributed by atoms with van der Waals surface area (Å²) in [4.78, 5) is 23.2. The Morgan fingerprint density at radius 2 is 2.05 bits per heavy atom. The summed E-state index contributed by atoms with van der Waals surface area (Å²) in [6.07, 6.45) is 4.62. The number of piperidine rings is 1. The Morgan fingerprint density at radius 1 is 1.21 bits per heavy atom. The molecule has 0 radical (unpaired) electrons. The molecule has 1 fully saturated rings. The molecule has 0 bridgehead atoms. The van der Waals surface area contributed by atoms with E-state index in [0.29, 0.717) is 13.0 Å². The predicted octanol–water partition coefficient (Wildman–Crippen LogP) is 1.18. The second-order valence-corrected chi connectivity index (χ2v) is 5.35. The van der Waals surface area contributed by atoms with Gasteiger partial charge in [0.2, 0.25) is 5.91 Å². The predicted molar refractivity (Wildman–Crippen MR) is 72.0 cm³/mol. The van der Waals surface area contributed by atoms with Gasteiger partial charge >= 0.3 is 0 Å². The van der Waals surface area contributed by atoms with Crippen LogP contribution >= 0.6 is 0 Å². The van der Waals surface area contributed by atoms with Gasteiger partial charge in [-0.1, -0.05) is 6.07 Å². The van der Waals surface area contributed by atoms with Crippen molar-refractivity contribution in [2.75, 3.05) is 6.54 Å². The maximum absolute atomic E-state index is 12.2. The van der Waals surface area contributed by atoms with Crippen LogP contribution < -0.4 is 10.6 Å². The number of hydrogen-bond acceptors (Lipinski definition) is 2. The van der Waals surface area contributed by atoms with E-state index in [0.717, 1.165) is 24.8 Å². The molecule has 1 aromatic rings. The molecule has 100 valence electrons. The van der Waals surface area contributed by atoms with Crippen LogP contribution in [-0.4, -0.2) is 24.4 Å². The topological polar surface area (TPSA) is 58.2 Å². The highest BCUT2D eigenvalue weighted by Gasteiger charge is 2.21. The molecule has 1 aliphatic heterocycles. The molecule has 2 N–H and O–H groups in total. The zero-order valence-electron chi connectivity index (χ0n) is 10.9. The molecule has 2 amide bonds. The van der Waals surface area contributed by atoms with Gasteiger partial charge in [0.25, 0.3) is 5.91 Å². The third-order valence-corrected chi connectivity index (χ3v) is 3.96. The molecule has 4 nitrogen and oxygen atoms in total. The van der Waals surface area contributed by atoms with Gasteiger partial charge in [-0.05, 0) is 48.9 Å². The van der Waals surface area contributed by atoms with Crippen LogP contribution in [-0.2, 0) is 17.6 Å².